The van der Waals surface area contributed by atoms with Crippen molar-refractivity contribution in [2.75, 3.05) is 12.4 Å². The number of hydrogen-bond acceptors (Lipinski definition) is 3. The molecule has 5 nitrogen and oxygen atoms in total. The van der Waals surface area contributed by atoms with Crippen LogP contribution in [0.25, 0.3) is 11.0 Å². The Labute approximate surface area is 140 Å². The van der Waals surface area contributed by atoms with Crippen molar-refractivity contribution in [2.45, 2.75) is 25.2 Å². The summed E-state index contributed by atoms with van der Waals surface area (Å²) in [6.45, 7) is 0. The maximum Gasteiger partial charge on any atom is 0.228 e. The summed E-state index contributed by atoms with van der Waals surface area (Å²) < 4.78 is 5.29. The molecular weight excluding hydrogens is 302 g/mol. The number of methoxy groups -OCH3 is 1. The highest BCUT2D eigenvalue weighted by molar-refractivity contribution is 5.94. The zero-order valence-electron chi connectivity index (χ0n) is 13.5. The van der Waals surface area contributed by atoms with Gasteiger partial charge in [0.15, 0.2) is 0 Å². The molecule has 5 heteroatoms. The van der Waals surface area contributed by atoms with Gasteiger partial charge in [-0.25, -0.2) is 4.98 Å². The first-order chi connectivity index (χ1) is 11.7. The van der Waals surface area contributed by atoms with Crippen LogP contribution in [0.15, 0.2) is 42.5 Å². The SMILES string of the molecule is COc1ccccc1CC(=O)Nc1ccc2nc(C3CC3)[nH]c2c1. The average molecular weight is 321 g/mol. The van der Waals surface area contributed by atoms with Gasteiger partial charge in [0.05, 0.1) is 24.6 Å². The fourth-order valence-corrected chi connectivity index (χ4v) is 2.88. The van der Waals surface area contributed by atoms with E-state index in [4.69, 9.17) is 4.74 Å². The number of para-hydroxylation sites is 1. The van der Waals surface area contributed by atoms with Gasteiger partial charge in [-0.1, -0.05) is 18.2 Å². The second kappa shape index (κ2) is 6.00. The molecule has 1 aliphatic rings. The molecule has 1 fully saturated rings. The molecule has 24 heavy (non-hydrogen) atoms. The highest BCUT2D eigenvalue weighted by Crippen LogP contribution is 2.39. The first kappa shape index (κ1) is 14.8. The second-order valence-corrected chi connectivity index (χ2v) is 6.17. The number of H-pyrrole nitrogens is 1. The molecule has 4 rings (SSSR count). The third-order valence-electron chi connectivity index (χ3n) is 4.29. The lowest BCUT2D eigenvalue weighted by Gasteiger charge is -2.09. The topological polar surface area (TPSA) is 67.0 Å². The zero-order chi connectivity index (χ0) is 16.5. The van der Waals surface area contributed by atoms with Crippen LogP contribution in [0, 0.1) is 0 Å². The fraction of sp³-hybridized carbons (Fsp3) is 0.263. The fourth-order valence-electron chi connectivity index (χ4n) is 2.88. The lowest BCUT2D eigenvalue weighted by atomic mass is 10.1. The first-order valence-electron chi connectivity index (χ1n) is 8.14. The van der Waals surface area contributed by atoms with Gasteiger partial charge in [-0.05, 0) is 37.1 Å². The molecule has 0 unspecified atom stereocenters. The standard InChI is InChI=1S/C19H19N3O2/c1-24-17-5-3-2-4-13(17)10-18(23)20-14-8-9-15-16(11-14)22-19(21-15)12-6-7-12/h2-5,8-9,11-12H,6-7,10H2,1H3,(H,20,23)(H,21,22). The lowest BCUT2D eigenvalue weighted by molar-refractivity contribution is -0.115. The Morgan fingerprint density at radius 3 is 2.92 bits per heavy atom. The van der Waals surface area contributed by atoms with E-state index < -0.39 is 0 Å². The minimum atomic E-state index is -0.0687. The van der Waals surface area contributed by atoms with Crippen molar-refractivity contribution >= 4 is 22.6 Å². The molecule has 0 saturated heterocycles. The van der Waals surface area contributed by atoms with Crippen molar-refractivity contribution in [1.82, 2.24) is 9.97 Å². The molecule has 0 aliphatic heterocycles. The van der Waals surface area contributed by atoms with Gasteiger partial charge >= 0.3 is 0 Å². The Morgan fingerprint density at radius 1 is 1.29 bits per heavy atom. The molecule has 1 amide bonds. The second-order valence-electron chi connectivity index (χ2n) is 6.17. The summed E-state index contributed by atoms with van der Waals surface area (Å²) in [6, 6.07) is 13.3. The van der Waals surface area contributed by atoms with Crippen molar-refractivity contribution in [3.8, 4) is 5.75 Å². The van der Waals surface area contributed by atoms with E-state index in [0.29, 0.717) is 5.92 Å². The number of anilines is 1. The molecule has 1 heterocycles. The smallest absolute Gasteiger partial charge is 0.228 e. The van der Waals surface area contributed by atoms with Crippen LogP contribution in [0.2, 0.25) is 0 Å². The molecule has 0 bridgehead atoms. The highest BCUT2D eigenvalue weighted by Gasteiger charge is 2.26. The van der Waals surface area contributed by atoms with Gasteiger partial charge in [0.25, 0.3) is 0 Å². The largest absolute Gasteiger partial charge is 0.496 e. The number of carbonyl (C=O) groups is 1. The predicted molar refractivity (Wildman–Crippen MR) is 93.4 cm³/mol. The van der Waals surface area contributed by atoms with Crippen LogP contribution in [0.5, 0.6) is 5.75 Å². The van der Waals surface area contributed by atoms with Crippen molar-refractivity contribution in [3.05, 3.63) is 53.9 Å². The van der Waals surface area contributed by atoms with Crippen molar-refractivity contribution in [2.24, 2.45) is 0 Å². The molecule has 122 valence electrons. The number of ether oxygens (including phenoxy) is 1. The Kier molecular flexibility index (Phi) is 3.69. The van der Waals surface area contributed by atoms with Crippen LogP contribution in [0.4, 0.5) is 5.69 Å². The number of imidazole rings is 1. The molecular formula is C19H19N3O2. The molecule has 1 aromatic heterocycles. The third-order valence-corrected chi connectivity index (χ3v) is 4.29. The number of amides is 1. The summed E-state index contributed by atoms with van der Waals surface area (Å²) >= 11 is 0. The summed E-state index contributed by atoms with van der Waals surface area (Å²) in [6.07, 6.45) is 2.70. The Morgan fingerprint density at radius 2 is 2.12 bits per heavy atom. The van der Waals surface area contributed by atoms with Crippen LogP contribution >= 0.6 is 0 Å². The Hall–Kier alpha value is -2.82. The van der Waals surface area contributed by atoms with E-state index in [0.717, 1.165) is 33.9 Å². The van der Waals surface area contributed by atoms with Gasteiger partial charge in [0.2, 0.25) is 5.91 Å². The maximum absolute atomic E-state index is 12.3. The van der Waals surface area contributed by atoms with Crippen molar-refractivity contribution in [3.63, 3.8) is 0 Å². The van der Waals surface area contributed by atoms with Gasteiger partial charge in [0.1, 0.15) is 11.6 Å². The summed E-state index contributed by atoms with van der Waals surface area (Å²) in [5.74, 6) is 2.30. The van der Waals surface area contributed by atoms with Crippen molar-refractivity contribution in [1.29, 1.82) is 0 Å². The molecule has 0 spiro atoms. The molecule has 0 radical (unpaired) electrons. The van der Waals surface area contributed by atoms with Gasteiger partial charge in [-0.2, -0.15) is 0 Å². The number of nitrogens with one attached hydrogen (secondary N) is 2. The molecule has 3 aromatic rings. The average Bonchev–Trinajstić information content (AvgIpc) is 3.35. The molecule has 2 N–H and O–H groups in total. The van der Waals surface area contributed by atoms with Crippen molar-refractivity contribution < 1.29 is 9.53 Å². The van der Waals surface area contributed by atoms with E-state index in [-0.39, 0.29) is 12.3 Å². The van der Waals surface area contributed by atoms with E-state index in [9.17, 15) is 4.79 Å². The summed E-state index contributed by atoms with van der Waals surface area (Å²) in [7, 11) is 1.61. The predicted octanol–water partition coefficient (Wildman–Crippen LogP) is 3.63. The third kappa shape index (κ3) is 2.97. The number of carbonyl (C=O) groups excluding carboxylic acids is 1. The van der Waals surface area contributed by atoms with E-state index >= 15 is 0 Å². The minimum Gasteiger partial charge on any atom is -0.496 e. The van der Waals surface area contributed by atoms with Gasteiger partial charge in [-0.15, -0.1) is 0 Å². The lowest BCUT2D eigenvalue weighted by Crippen LogP contribution is -2.14. The number of benzene rings is 2. The Balaban J connectivity index is 1.49. The summed E-state index contributed by atoms with van der Waals surface area (Å²) in [5.41, 5.74) is 3.55. The number of nitrogens with zero attached hydrogens (tertiary/aromatic N) is 1. The number of aromatic nitrogens is 2. The quantitative estimate of drug-likeness (QED) is 0.754. The van der Waals surface area contributed by atoms with E-state index in [1.807, 2.05) is 42.5 Å². The van der Waals surface area contributed by atoms with Crippen LogP contribution in [0.1, 0.15) is 30.1 Å². The summed E-state index contributed by atoms with van der Waals surface area (Å²) in [4.78, 5) is 20.3. The van der Waals surface area contributed by atoms with Gasteiger partial charge in [-0.3, -0.25) is 4.79 Å². The monoisotopic (exact) mass is 321 g/mol. The molecule has 0 atom stereocenters. The summed E-state index contributed by atoms with van der Waals surface area (Å²) in [5, 5.41) is 2.95. The highest BCUT2D eigenvalue weighted by atomic mass is 16.5. The number of aromatic amines is 1. The zero-order valence-corrected chi connectivity index (χ0v) is 13.5. The normalized spacial score (nSPS) is 13.9. The Bertz CT molecular complexity index is 897. The van der Waals surface area contributed by atoms with Gasteiger partial charge in [0, 0.05) is 17.2 Å². The molecule has 1 saturated carbocycles. The van der Waals surface area contributed by atoms with Crippen LogP contribution in [0.3, 0.4) is 0 Å². The van der Waals surface area contributed by atoms with Crippen LogP contribution in [-0.4, -0.2) is 23.0 Å². The van der Waals surface area contributed by atoms with E-state index in [1.165, 1.54) is 12.8 Å². The van der Waals surface area contributed by atoms with Crippen LogP contribution in [-0.2, 0) is 11.2 Å². The van der Waals surface area contributed by atoms with Crippen LogP contribution < -0.4 is 10.1 Å². The number of rotatable bonds is 5. The molecule has 1 aliphatic carbocycles. The van der Waals surface area contributed by atoms with E-state index in [2.05, 4.69) is 15.3 Å². The molecule has 2 aromatic carbocycles. The first-order valence-corrected chi connectivity index (χ1v) is 8.14. The van der Waals surface area contributed by atoms with E-state index in [1.54, 1.807) is 7.11 Å². The minimum absolute atomic E-state index is 0.0687. The maximum atomic E-state index is 12.3. The number of hydrogen-bond donors (Lipinski definition) is 2. The number of fused-ring (bicyclic) bond motifs is 1. The van der Waals surface area contributed by atoms with Gasteiger partial charge < -0.3 is 15.0 Å².